The van der Waals surface area contributed by atoms with Crippen LogP contribution in [-0.2, 0) is 9.53 Å². The van der Waals surface area contributed by atoms with Gasteiger partial charge in [0.2, 0.25) is 5.89 Å². The summed E-state index contributed by atoms with van der Waals surface area (Å²) in [7, 11) is 1.61. The predicted octanol–water partition coefficient (Wildman–Crippen LogP) is 4.43. The van der Waals surface area contributed by atoms with Crippen LogP contribution >= 0.6 is 0 Å². The standard InChI is InChI=1S/C25H26N2O5/c1-3-31-25(29)17-11-13-27(14-12-17)24(28)21-10-5-4-9-20(21)23-26-16-22(32-23)18-7-6-8-19(15-18)30-2/h4-10,15-17H,3,11-14H2,1-2H3. The van der Waals surface area contributed by atoms with Gasteiger partial charge in [0.1, 0.15) is 5.75 Å². The van der Waals surface area contributed by atoms with Crippen molar-refractivity contribution in [2.75, 3.05) is 26.8 Å². The molecule has 1 aliphatic heterocycles. The molecule has 32 heavy (non-hydrogen) atoms. The number of amides is 1. The number of piperidine rings is 1. The first-order valence-electron chi connectivity index (χ1n) is 10.8. The first kappa shape index (κ1) is 21.6. The summed E-state index contributed by atoms with van der Waals surface area (Å²) in [6.07, 6.45) is 2.85. The van der Waals surface area contributed by atoms with Gasteiger partial charge in [-0.15, -0.1) is 0 Å². The Hall–Kier alpha value is -3.61. The van der Waals surface area contributed by atoms with Gasteiger partial charge in [-0.3, -0.25) is 9.59 Å². The van der Waals surface area contributed by atoms with Crippen molar-refractivity contribution in [3.63, 3.8) is 0 Å². The fourth-order valence-corrected chi connectivity index (χ4v) is 3.91. The molecule has 0 bridgehead atoms. The van der Waals surface area contributed by atoms with Crippen LogP contribution in [0.25, 0.3) is 22.8 Å². The molecule has 7 heteroatoms. The van der Waals surface area contributed by atoms with Crippen LogP contribution in [0.3, 0.4) is 0 Å². The molecule has 2 heterocycles. The van der Waals surface area contributed by atoms with Crippen molar-refractivity contribution in [2.24, 2.45) is 5.92 Å². The molecule has 1 aliphatic rings. The zero-order valence-corrected chi connectivity index (χ0v) is 18.2. The van der Waals surface area contributed by atoms with Crippen LogP contribution in [-0.4, -0.2) is 48.6 Å². The van der Waals surface area contributed by atoms with E-state index in [4.69, 9.17) is 13.9 Å². The maximum Gasteiger partial charge on any atom is 0.309 e. The molecule has 4 rings (SSSR count). The number of hydrogen-bond acceptors (Lipinski definition) is 6. The van der Waals surface area contributed by atoms with E-state index in [9.17, 15) is 9.59 Å². The number of carbonyl (C=O) groups is 2. The second kappa shape index (κ2) is 9.68. The fourth-order valence-electron chi connectivity index (χ4n) is 3.91. The van der Waals surface area contributed by atoms with Gasteiger partial charge in [0.15, 0.2) is 5.76 Å². The topological polar surface area (TPSA) is 81.9 Å². The molecular weight excluding hydrogens is 408 g/mol. The third-order valence-electron chi connectivity index (χ3n) is 5.65. The van der Waals surface area contributed by atoms with E-state index in [1.807, 2.05) is 42.5 Å². The smallest absolute Gasteiger partial charge is 0.309 e. The van der Waals surface area contributed by atoms with Crippen LogP contribution in [0.5, 0.6) is 5.75 Å². The highest BCUT2D eigenvalue weighted by Gasteiger charge is 2.30. The Bertz CT molecular complexity index is 1100. The summed E-state index contributed by atoms with van der Waals surface area (Å²) < 4.78 is 16.4. The van der Waals surface area contributed by atoms with E-state index in [1.54, 1.807) is 31.2 Å². The fraction of sp³-hybridized carbons (Fsp3) is 0.320. The SMILES string of the molecule is CCOC(=O)C1CCN(C(=O)c2ccccc2-c2ncc(-c3cccc(OC)c3)o2)CC1. The van der Waals surface area contributed by atoms with E-state index in [2.05, 4.69) is 4.98 Å². The quantitative estimate of drug-likeness (QED) is 0.534. The summed E-state index contributed by atoms with van der Waals surface area (Å²) >= 11 is 0. The van der Waals surface area contributed by atoms with E-state index in [0.29, 0.717) is 55.3 Å². The minimum atomic E-state index is -0.176. The van der Waals surface area contributed by atoms with Gasteiger partial charge in [0.05, 0.1) is 31.4 Å². The first-order valence-corrected chi connectivity index (χ1v) is 10.8. The first-order chi connectivity index (χ1) is 15.6. The van der Waals surface area contributed by atoms with Gasteiger partial charge in [-0.2, -0.15) is 0 Å². The lowest BCUT2D eigenvalue weighted by Gasteiger charge is -2.31. The summed E-state index contributed by atoms with van der Waals surface area (Å²) in [5, 5.41) is 0. The monoisotopic (exact) mass is 434 g/mol. The highest BCUT2D eigenvalue weighted by molar-refractivity contribution is 6.00. The number of benzene rings is 2. The number of aromatic nitrogens is 1. The molecule has 1 fully saturated rings. The number of ether oxygens (including phenoxy) is 2. The number of hydrogen-bond donors (Lipinski definition) is 0. The Morgan fingerprint density at radius 3 is 2.66 bits per heavy atom. The third kappa shape index (κ3) is 4.51. The van der Waals surface area contributed by atoms with Crippen LogP contribution in [0.2, 0.25) is 0 Å². The van der Waals surface area contributed by atoms with Gasteiger partial charge in [0.25, 0.3) is 5.91 Å². The molecule has 0 spiro atoms. The van der Waals surface area contributed by atoms with Crippen LogP contribution in [0.15, 0.2) is 59.1 Å². The van der Waals surface area contributed by atoms with E-state index in [0.717, 1.165) is 11.3 Å². The summed E-state index contributed by atoms with van der Waals surface area (Å²) in [4.78, 5) is 31.5. The molecule has 1 aromatic heterocycles. The molecule has 3 aromatic rings. The minimum Gasteiger partial charge on any atom is -0.497 e. The molecule has 0 saturated carbocycles. The zero-order chi connectivity index (χ0) is 22.5. The van der Waals surface area contributed by atoms with Crippen molar-refractivity contribution in [2.45, 2.75) is 19.8 Å². The lowest BCUT2D eigenvalue weighted by molar-refractivity contribution is -0.149. The van der Waals surface area contributed by atoms with Gasteiger partial charge >= 0.3 is 5.97 Å². The van der Waals surface area contributed by atoms with Crippen molar-refractivity contribution >= 4 is 11.9 Å². The average Bonchev–Trinajstić information content (AvgIpc) is 3.34. The zero-order valence-electron chi connectivity index (χ0n) is 18.2. The normalized spacial score (nSPS) is 14.2. The average molecular weight is 434 g/mol. The molecule has 2 aromatic carbocycles. The number of esters is 1. The van der Waals surface area contributed by atoms with E-state index >= 15 is 0 Å². The summed E-state index contributed by atoms with van der Waals surface area (Å²) in [6.45, 7) is 3.20. The summed E-state index contributed by atoms with van der Waals surface area (Å²) in [6, 6.07) is 14.8. The molecule has 1 saturated heterocycles. The molecule has 166 valence electrons. The van der Waals surface area contributed by atoms with E-state index in [1.165, 1.54) is 0 Å². The number of oxazole rings is 1. The number of nitrogens with zero attached hydrogens (tertiary/aromatic N) is 2. The minimum absolute atomic E-state index is 0.0935. The Labute approximate surface area is 187 Å². The molecular formula is C25H26N2O5. The largest absolute Gasteiger partial charge is 0.497 e. The van der Waals surface area contributed by atoms with Crippen molar-refractivity contribution < 1.29 is 23.5 Å². The number of methoxy groups -OCH3 is 1. The third-order valence-corrected chi connectivity index (χ3v) is 5.65. The molecule has 1 amide bonds. The number of rotatable bonds is 6. The highest BCUT2D eigenvalue weighted by atomic mass is 16.5. The molecule has 7 nitrogen and oxygen atoms in total. The Kier molecular flexibility index (Phi) is 6.54. The number of likely N-dealkylation sites (tertiary alicyclic amines) is 1. The second-order valence-corrected chi connectivity index (χ2v) is 7.63. The predicted molar refractivity (Wildman–Crippen MR) is 119 cm³/mol. The van der Waals surface area contributed by atoms with Crippen LogP contribution in [0, 0.1) is 5.92 Å². The van der Waals surface area contributed by atoms with Gasteiger partial charge in [-0.25, -0.2) is 4.98 Å². The van der Waals surface area contributed by atoms with Crippen LogP contribution < -0.4 is 4.74 Å². The number of carbonyl (C=O) groups excluding carboxylic acids is 2. The van der Waals surface area contributed by atoms with Crippen molar-refractivity contribution in [1.82, 2.24) is 9.88 Å². The summed E-state index contributed by atoms with van der Waals surface area (Å²) in [5.74, 6) is 1.28. The van der Waals surface area contributed by atoms with Gasteiger partial charge in [-0.05, 0) is 44.0 Å². The molecule has 0 N–H and O–H groups in total. The van der Waals surface area contributed by atoms with Crippen molar-refractivity contribution in [3.05, 3.63) is 60.3 Å². The van der Waals surface area contributed by atoms with Crippen molar-refractivity contribution in [1.29, 1.82) is 0 Å². The lowest BCUT2D eigenvalue weighted by Crippen LogP contribution is -2.40. The molecule has 0 radical (unpaired) electrons. The van der Waals surface area contributed by atoms with Crippen LogP contribution in [0.1, 0.15) is 30.1 Å². The van der Waals surface area contributed by atoms with Crippen LogP contribution in [0.4, 0.5) is 0 Å². The lowest BCUT2D eigenvalue weighted by atomic mass is 9.96. The van der Waals surface area contributed by atoms with E-state index < -0.39 is 0 Å². The maximum absolute atomic E-state index is 13.3. The maximum atomic E-state index is 13.3. The summed E-state index contributed by atoms with van der Waals surface area (Å²) in [5.41, 5.74) is 2.01. The Morgan fingerprint density at radius 2 is 1.91 bits per heavy atom. The van der Waals surface area contributed by atoms with Crippen molar-refractivity contribution in [3.8, 4) is 28.5 Å². The molecule has 0 aliphatic carbocycles. The molecule has 0 atom stereocenters. The van der Waals surface area contributed by atoms with Gasteiger partial charge < -0.3 is 18.8 Å². The van der Waals surface area contributed by atoms with Gasteiger partial charge in [-0.1, -0.05) is 24.3 Å². The molecule has 0 unspecified atom stereocenters. The Morgan fingerprint density at radius 1 is 1.12 bits per heavy atom. The Balaban J connectivity index is 1.53. The van der Waals surface area contributed by atoms with Gasteiger partial charge in [0, 0.05) is 24.2 Å². The van der Waals surface area contributed by atoms with E-state index in [-0.39, 0.29) is 17.8 Å². The highest BCUT2D eigenvalue weighted by Crippen LogP contribution is 2.31. The second-order valence-electron chi connectivity index (χ2n) is 7.63.